The maximum absolute atomic E-state index is 11.3. The summed E-state index contributed by atoms with van der Waals surface area (Å²) in [6, 6.07) is 2.91. The fourth-order valence-electron chi connectivity index (χ4n) is 2.92. The van der Waals surface area contributed by atoms with Gasteiger partial charge in [0, 0.05) is 5.56 Å². The number of aliphatic imine (C=N–C) groups is 1. The van der Waals surface area contributed by atoms with E-state index in [0.29, 0.717) is 29.9 Å². The van der Waals surface area contributed by atoms with Crippen molar-refractivity contribution in [3.8, 4) is 11.5 Å². The van der Waals surface area contributed by atoms with Crippen molar-refractivity contribution >= 4 is 12.0 Å². The lowest BCUT2D eigenvalue weighted by atomic mass is 9.86. The molecular weight excluding hydrogens is 274 g/mol. The highest BCUT2D eigenvalue weighted by Gasteiger charge is 2.39. The van der Waals surface area contributed by atoms with E-state index in [0.717, 1.165) is 12.8 Å². The first-order valence-corrected chi connectivity index (χ1v) is 6.67. The average molecular weight is 291 g/mol. The molecule has 2 rings (SSSR count). The molecule has 21 heavy (non-hydrogen) atoms. The zero-order valence-electron chi connectivity index (χ0n) is 12.0. The van der Waals surface area contributed by atoms with E-state index >= 15 is 0 Å². The summed E-state index contributed by atoms with van der Waals surface area (Å²) in [4.78, 5) is 26.1. The highest BCUT2D eigenvalue weighted by molar-refractivity contribution is 5.89. The first-order valence-electron chi connectivity index (χ1n) is 6.67. The molecule has 0 heterocycles. The molecule has 1 aromatic carbocycles. The number of benzene rings is 1. The van der Waals surface area contributed by atoms with E-state index in [9.17, 15) is 14.7 Å². The van der Waals surface area contributed by atoms with E-state index in [4.69, 9.17) is 9.47 Å². The fourth-order valence-corrected chi connectivity index (χ4v) is 2.92. The van der Waals surface area contributed by atoms with E-state index in [1.165, 1.54) is 26.4 Å². The largest absolute Gasteiger partial charge is 0.493 e. The molecule has 1 aliphatic rings. The number of nitrogens with zero attached hydrogens (tertiary/aromatic N) is 1. The van der Waals surface area contributed by atoms with Gasteiger partial charge in [-0.2, -0.15) is 4.99 Å². The van der Waals surface area contributed by atoms with Gasteiger partial charge in [0.2, 0.25) is 6.08 Å². The van der Waals surface area contributed by atoms with Crippen molar-refractivity contribution in [3.05, 3.63) is 23.3 Å². The molecule has 0 aromatic heterocycles. The molecule has 1 saturated carbocycles. The Morgan fingerprint density at radius 3 is 2.43 bits per heavy atom. The fraction of sp³-hybridized carbons (Fsp3) is 0.467. The molecule has 1 aromatic rings. The third kappa shape index (κ3) is 2.62. The van der Waals surface area contributed by atoms with Crippen LogP contribution in [0.1, 0.15) is 41.6 Å². The van der Waals surface area contributed by atoms with Crippen LogP contribution < -0.4 is 9.47 Å². The minimum Gasteiger partial charge on any atom is -0.493 e. The molecule has 0 spiro atoms. The zero-order chi connectivity index (χ0) is 15.5. The lowest BCUT2D eigenvalue weighted by molar-refractivity contribution is 0.0696. The number of carbonyl (C=O) groups is 1. The van der Waals surface area contributed by atoms with Crippen LogP contribution in [0.2, 0.25) is 0 Å². The Balaban J connectivity index is 2.72. The van der Waals surface area contributed by atoms with Gasteiger partial charge < -0.3 is 14.6 Å². The zero-order valence-corrected chi connectivity index (χ0v) is 12.0. The van der Waals surface area contributed by atoms with Crippen LogP contribution >= 0.6 is 0 Å². The predicted octanol–water partition coefficient (Wildman–Crippen LogP) is 2.51. The van der Waals surface area contributed by atoms with Crippen molar-refractivity contribution in [2.75, 3.05) is 14.2 Å². The molecule has 112 valence electrons. The van der Waals surface area contributed by atoms with E-state index in [-0.39, 0.29) is 5.56 Å². The molecule has 0 amide bonds. The van der Waals surface area contributed by atoms with Crippen molar-refractivity contribution in [2.24, 2.45) is 4.99 Å². The highest BCUT2D eigenvalue weighted by atomic mass is 16.5. The van der Waals surface area contributed by atoms with Gasteiger partial charge in [0.1, 0.15) is 5.54 Å². The normalized spacial score (nSPS) is 16.1. The maximum Gasteiger partial charge on any atom is 0.335 e. The van der Waals surface area contributed by atoms with Crippen molar-refractivity contribution in [1.29, 1.82) is 0 Å². The van der Waals surface area contributed by atoms with Crippen molar-refractivity contribution < 1.29 is 24.2 Å². The third-order valence-corrected chi connectivity index (χ3v) is 3.92. The summed E-state index contributed by atoms with van der Waals surface area (Å²) in [5.74, 6) is -0.330. The Morgan fingerprint density at radius 1 is 1.29 bits per heavy atom. The Labute approximate surface area is 122 Å². The molecule has 0 aliphatic heterocycles. The van der Waals surface area contributed by atoms with Gasteiger partial charge >= 0.3 is 5.97 Å². The molecule has 0 unspecified atom stereocenters. The van der Waals surface area contributed by atoms with Gasteiger partial charge in [-0.15, -0.1) is 0 Å². The second-order valence-corrected chi connectivity index (χ2v) is 5.01. The van der Waals surface area contributed by atoms with E-state index in [1.54, 1.807) is 6.08 Å². The van der Waals surface area contributed by atoms with Crippen LogP contribution in [-0.2, 0) is 10.3 Å². The van der Waals surface area contributed by atoms with Crippen LogP contribution in [0.3, 0.4) is 0 Å². The summed E-state index contributed by atoms with van der Waals surface area (Å²) < 4.78 is 10.6. The predicted molar refractivity (Wildman–Crippen MR) is 74.8 cm³/mol. The summed E-state index contributed by atoms with van der Waals surface area (Å²) in [5, 5.41) is 9.25. The quantitative estimate of drug-likeness (QED) is 0.665. The third-order valence-electron chi connectivity index (χ3n) is 3.92. The first kappa shape index (κ1) is 15.1. The van der Waals surface area contributed by atoms with Crippen molar-refractivity contribution in [3.63, 3.8) is 0 Å². The van der Waals surface area contributed by atoms with Gasteiger partial charge in [-0.1, -0.05) is 12.8 Å². The number of carboxylic acids is 1. The standard InChI is InChI=1S/C15H17NO5/c1-20-12-8-10(14(18)19)7-11(13(12)21-2)15(16-9-17)5-3-4-6-15/h7-8H,3-6H2,1-2H3,(H,18,19). The van der Waals surface area contributed by atoms with Crippen LogP contribution in [0.5, 0.6) is 11.5 Å². The number of hydrogen-bond acceptors (Lipinski definition) is 5. The second-order valence-electron chi connectivity index (χ2n) is 5.01. The number of aromatic carboxylic acids is 1. The number of carboxylic acid groups (broad SMARTS) is 1. The molecule has 1 fully saturated rings. The van der Waals surface area contributed by atoms with Gasteiger partial charge in [0.05, 0.1) is 19.8 Å². The monoisotopic (exact) mass is 291 g/mol. The average Bonchev–Trinajstić information content (AvgIpc) is 2.95. The topological polar surface area (TPSA) is 85.2 Å². The van der Waals surface area contributed by atoms with Gasteiger partial charge in [0.25, 0.3) is 0 Å². The molecule has 0 bridgehead atoms. The molecule has 1 N–H and O–H groups in total. The number of hydrogen-bond donors (Lipinski definition) is 1. The van der Waals surface area contributed by atoms with E-state index in [1.807, 2.05) is 0 Å². The summed E-state index contributed by atoms with van der Waals surface area (Å²) in [5.41, 5.74) is -0.121. The van der Waals surface area contributed by atoms with Gasteiger partial charge in [0.15, 0.2) is 11.5 Å². The molecule has 6 heteroatoms. The van der Waals surface area contributed by atoms with Crippen LogP contribution in [0.25, 0.3) is 0 Å². The molecule has 6 nitrogen and oxygen atoms in total. The number of isocyanates is 1. The van der Waals surface area contributed by atoms with E-state index in [2.05, 4.69) is 4.99 Å². The summed E-state index contributed by atoms with van der Waals surface area (Å²) in [6.07, 6.45) is 4.75. The van der Waals surface area contributed by atoms with Gasteiger partial charge in [-0.3, -0.25) is 0 Å². The van der Waals surface area contributed by atoms with Crippen molar-refractivity contribution in [1.82, 2.24) is 0 Å². The summed E-state index contributed by atoms with van der Waals surface area (Å²) in [6.45, 7) is 0. The number of carbonyl (C=O) groups excluding carboxylic acids is 1. The summed E-state index contributed by atoms with van der Waals surface area (Å²) >= 11 is 0. The number of ether oxygens (including phenoxy) is 2. The number of rotatable bonds is 5. The van der Waals surface area contributed by atoms with E-state index < -0.39 is 11.5 Å². The Bertz CT molecular complexity index is 598. The highest BCUT2D eigenvalue weighted by Crippen LogP contribution is 2.48. The van der Waals surface area contributed by atoms with Crippen LogP contribution in [-0.4, -0.2) is 31.4 Å². The minimum atomic E-state index is -1.07. The Kier molecular flexibility index (Phi) is 4.29. The molecular formula is C15H17NO5. The summed E-state index contributed by atoms with van der Waals surface area (Å²) in [7, 11) is 2.92. The Morgan fingerprint density at radius 2 is 1.95 bits per heavy atom. The molecule has 0 radical (unpaired) electrons. The second kappa shape index (κ2) is 5.97. The lowest BCUT2D eigenvalue weighted by Gasteiger charge is -2.26. The van der Waals surface area contributed by atoms with Gasteiger partial charge in [-0.05, 0) is 25.0 Å². The Hall–Kier alpha value is -2.33. The first-order chi connectivity index (χ1) is 10.1. The molecule has 0 saturated heterocycles. The smallest absolute Gasteiger partial charge is 0.335 e. The SMILES string of the molecule is COc1cc(C(=O)O)cc(C2(N=C=O)CCCC2)c1OC. The molecule has 0 atom stereocenters. The van der Waals surface area contributed by atoms with Crippen LogP contribution in [0.4, 0.5) is 0 Å². The minimum absolute atomic E-state index is 0.0787. The van der Waals surface area contributed by atoms with Gasteiger partial charge in [-0.25, -0.2) is 9.59 Å². The number of methoxy groups -OCH3 is 2. The van der Waals surface area contributed by atoms with Crippen LogP contribution in [0, 0.1) is 0 Å². The lowest BCUT2D eigenvalue weighted by Crippen LogP contribution is -2.21. The van der Waals surface area contributed by atoms with Crippen molar-refractivity contribution in [2.45, 2.75) is 31.2 Å². The maximum atomic E-state index is 11.3. The van der Waals surface area contributed by atoms with Crippen LogP contribution in [0.15, 0.2) is 17.1 Å². The molecule has 1 aliphatic carbocycles.